The van der Waals surface area contributed by atoms with Crippen molar-refractivity contribution >= 4 is 15.9 Å². The third-order valence-electron chi connectivity index (χ3n) is 5.73. The van der Waals surface area contributed by atoms with Gasteiger partial charge in [0, 0.05) is 19.0 Å². The third kappa shape index (κ3) is 6.29. The minimum Gasteiger partial charge on any atom is -0.491 e. The smallest absolute Gasteiger partial charge is 0.416 e. The van der Waals surface area contributed by atoms with Crippen molar-refractivity contribution in [2.45, 2.75) is 56.8 Å². The van der Waals surface area contributed by atoms with E-state index in [-0.39, 0.29) is 49.9 Å². The number of ether oxygens (including phenoxy) is 1. The van der Waals surface area contributed by atoms with Crippen LogP contribution in [0.4, 0.5) is 13.2 Å². The lowest BCUT2D eigenvalue weighted by Crippen LogP contribution is -2.43. The van der Waals surface area contributed by atoms with Crippen LogP contribution in [0.2, 0.25) is 0 Å². The number of halogens is 3. The Morgan fingerprint density at radius 3 is 2.24 bits per heavy atom. The summed E-state index contributed by atoms with van der Waals surface area (Å²) in [6, 6.07) is 10.9. The van der Waals surface area contributed by atoms with Crippen LogP contribution in [0.1, 0.15) is 50.8 Å². The fourth-order valence-corrected chi connectivity index (χ4v) is 5.38. The molecule has 6 nitrogen and oxygen atoms in total. The topological polar surface area (TPSA) is 75.7 Å². The molecular formula is C24H29F3N2O4S. The molecule has 2 aromatic rings. The lowest BCUT2D eigenvalue weighted by atomic mass is 9.96. The number of carbonyl (C=O) groups is 1. The maximum Gasteiger partial charge on any atom is 0.416 e. The van der Waals surface area contributed by atoms with Gasteiger partial charge in [-0.1, -0.05) is 18.2 Å². The average Bonchev–Trinajstić information content (AvgIpc) is 2.78. The highest BCUT2D eigenvalue weighted by Gasteiger charge is 2.35. The van der Waals surface area contributed by atoms with Crippen molar-refractivity contribution in [2.24, 2.45) is 5.92 Å². The minimum absolute atomic E-state index is 0.0613. The SMILES string of the molecule is CC(C)Oc1ccc(C(C)NC(=O)C2CCN(S(=O)(=O)c3cccc(C(F)(F)F)c3)CC2)cc1. The molecule has 3 rings (SSSR count). The zero-order valence-electron chi connectivity index (χ0n) is 19.3. The van der Waals surface area contributed by atoms with E-state index in [2.05, 4.69) is 5.32 Å². The van der Waals surface area contributed by atoms with Gasteiger partial charge in [-0.3, -0.25) is 4.79 Å². The van der Waals surface area contributed by atoms with Crippen LogP contribution in [0, 0.1) is 5.92 Å². The Bertz CT molecular complexity index is 1090. The van der Waals surface area contributed by atoms with Crippen molar-refractivity contribution in [3.63, 3.8) is 0 Å². The van der Waals surface area contributed by atoms with Crippen molar-refractivity contribution in [2.75, 3.05) is 13.1 Å². The van der Waals surface area contributed by atoms with Gasteiger partial charge in [-0.25, -0.2) is 8.42 Å². The summed E-state index contributed by atoms with van der Waals surface area (Å²) >= 11 is 0. The first-order valence-corrected chi connectivity index (χ1v) is 12.6. The van der Waals surface area contributed by atoms with Crippen LogP contribution in [0.15, 0.2) is 53.4 Å². The van der Waals surface area contributed by atoms with Gasteiger partial charge in [0.2, 0.25) is 15.9 Å². The van der Waals surface area contributed by atoms with E-state index in [0.29, 0.717) is 6.07 Å². The number of rotatable bonds is 7. The zero-order valence-corrected chi connectivity index (χ0v) is 20.1. The van der Waals surface area contributed by atoms with Gasteiger partial charge in [-0.15, -0.1) is 0 Å². The van der Waals surface area contributed by atoms with Crippen molar-refractivity contribution in [1.82, 2.24) is 9.62 Å². The molecule has 0 radical (unpaired) electrons. The third-order valence-corrected chi connectivity index (χ3v) is 7.63. The fourth-order valence-electron chi connectivity index (χ4n) is 3.86. The molecule has 1 saturated heterocycles. The molecule has 0 saturated carbocycles. The van der Waals surface area contributed by atoms with Crippen LogP contribution in [0.3, 0.4) is 0 Å². The Balaban J connectivity index is 1.58. The second-order valence-electron chi connectivity index (χ2n) is 8.67. The molecule has 0 spiro atoms. The van der Waals surface area contributed by atoms with Crippen LogP contribution in [-0.2, 0) is 21.0 Å². The largest absolute Gasteiger partial charge is 0.491 e. The zero-order chi connectivity index (χ0) is 25.1. The van der Waals surface area contributed by atoms with Gasteiger partial charge >= 0.3 is 6.18 Å². The van der Waals surface area contributed by atoms with Crippen molar-refractivity contribution in [3.05, 3.63) is 59.7 Å². The number of nitrogens with zero attached hydrogens (tertiary/aromatic N) is 1. The first-order chi connectivity index (χ1) is 15.9. The second-order valence-corrected chi connectivity index (χ2v) is 10.6. The summed E-state index contributed by atoms with van der Waals surface area (Å²) in [6.45, 7) is 5.86. The van der Waals surface area contributed by atoms with E-state index in [1.807, 2.05) is 45.0 Å². The Kier molecular flexibility index (Phi) is 7.92. The predicted molar refractivity (Wildman–Crippen MR) is 122 cm³/mol. The lowest BCUT2D eigenvalue weighted by Gasteiger charge is -2.31. The highest BCUT2D eigenvalue weighted by atomic mass is 32.2. The minimum atomic E-state index is -4.63. The molecule has 0 bridgehead atoms. The van der Waals surface area contributed by atoms with Crippen molar-refractivity contribution in [1.29, 1.82) is 0 Å². The van der Waals surface area contributed by atoms with E-state index in [4.69, 9.17) is 4.74 Å². The molecular weight excluding hydrogens is 469 g/mol. The summed E-state index contributed by atoms with van der Waals surface area (Å²) in [4.78, 5) is 12.3. The number of nitrogens with one attached hydrogen (secondary N) is 1. The molecule has 0 aliphatic carbocycles. The van der Waals surface area contributed by atoms with E-state index in [9.17, 15) is 26.4 Å². The predicted octanol–water partition coefficient (Wildman–Crippen LogP) is 4.77. The highest BCUT2D eigenvalue weighted by Crippen LogP contribution is 2.32. The number of sulfonamides is 1. The fraction of sp³-hybridized carbons (Fsp3) is 0.458. The molecule has 0 aromatic heterocycles. The molecule has 10 heteroatoms. The first-order valence-electron chi connectivity index (χ1n) is 11.1. The van der Waals surface area contributed by atoms with Gasteiger partial charge in [0.25, 0.3) is 0 Å². The Morgan fingerprint density at radius 1 is 1.06 bits per heavy atom. The van der Waals surface area contributed by atoms with Crippen LogP contribution in [0.5, 0.6) is 5.75 Å². The van der Waals surface area contributed by atoms with E-state index in [1.165, 1.54) is 0 Å². The maximum atomic E-state index is 13.0. The summed E-state index contributed by atoms with van der Waals surface area (Å²) in [6.07, 6.45) is -3.99. The molecule has 186 valence electrons. The van der Waals surface area contributed by atoms with Crippen LogP contribution >= 0.6 is 0 Å². The maximum absolute atomic E-state index is 13.0. The van der Waals surface area contributed by atoms with Crippen molar-refractivity contribution < 1.29 is 31.1 Å². The standard InChI is InChI=1S/C24H29F3N2O4S/c1-16(2)33-21-9-7-18(8-10-21)17(3)28-23(30)19-11-13-29(14-12-19)34(31,32)22-6-4-5-20(15-22)24(25,26)27/h4-10,15-17,19H,11-14H2,1-3H3,(H,28,30). The molecule has 2 aromatic carbocycles. The van der Waals surface area contributed by atoms with Gasteiger partial charge in [0.1, 0.15) is 5.75 Å². The Hall–Kier alpha value is -2.59. The van der Waals surface area contributed by atoms with E-state index < -0.39 is 26.7 Å². The molecule has 1 aliphatic heterocycles. The Labute approximate surface area is 198 Å². The van der Waals surface area contributed by atoms with E-state index in [0.717, 1.165) is 33.8 Å². The molecule has 1 atom stereocenters. The van der Waals surface area contributed by atoms with Gasteiger partial charge in [-0.2, -0.15) is 17.5 Å². The molecule has 1 amide bonds. The molecule has 34 heavy (non-hydrogen) atoms. The van der Waals surface area contributed by atoms with Crippen molar-refractivity contribution in [3.8, 4) is 5.75 Å². The molecule has 1 fully saturated rings. The number of piperidine rings is 1. The second kappa shape index (κ2) is 10.4. The van der Waals surface area contributed by atoms with Crippen LogP contribution in [0.25, 0.3) is 0 Å². The number of alkyl halides is 3. The number of hydrogen-bond donors (Lipinski definition) is 1. The number of benzene rings is 2. The highest BCUT2D eigenvalue weighted by molar-refractivity contribution is 7.89. The average molecular weight is 499 g/mol. The molecule has 1 unspecified atom stereocenters. The summed E-state index contributed by atoms with van der Waals surface area (Å²) in [5.41, 5.74) is -0.102. The van der Waals surface area contributed by atoms with Crippen LogP contribution < -0.4 is 10.1 Å². The molecule has 1 aliphatic rings. The van der Waals surface area contributed by atoms with E-state index in [1.54, 1.807) is 0 Å². The lowest BCUT2D eigenvalue weighted by molar-refractivity contribution is -0.137. The molecule has 1 heterocycles. The summed E-state index contributed by atoms with van der Waals surface area (Å²) < 4.78 is 71.4. The van der Waals surface area contributed by atoms with Crippen LogP contribution in [-0.4, -0.2) is 37.8 Å². The monoisotopic (exact) mass is 498 g/mol. The first kappa shape index (κ1) is 26.0. The normalized spacial score (nSPS) is 16.9. The number of hydrogen-bond acceptors (Lipinski definition) is 4. The quantitative estimate of drug-likeness (QED) is 0.597. The van der Waals surface area contributed by atoms with Gasteiger partial charge in [0.15, 0.2) is 0 Å². The Morgan fingerprint density at radius 2 is 1.68 bits per heavy atom. The summed E-state index contributed by atoms with van der Waals surface area (Å²) in [7, 11) is -4.08. The van der Waals surface area contributed by atoms with Gasteiger partial charge in [0.05, 0.1) is 22.6 Å². The van der Waals surface area contributed by atoms with Gasteiger partial charge < -0.3 is 10.1 Å². The summed E-state index contributed by atoms with van der Waals surface area (Å²) in [5, 5.41) is 2.96. The number of amides is 1. The summed E-state index contributed by atoms with van der Waals surface area (Å²) in [5.74, 6) is 0.191. The van der Waals surface area contributed by atoms with E-state index >= 15 is 0 Å². The van der Waals surface area contributed by atoms with Gasteiger partial charge in [-0.05, 0) is 69.5 Å². The number of carbonyl (C=O) groups excluding carboxylic acids is 1. The molecule has 1 N–H and O–H groups in total.